The molecule has 0 saturated heterocycles. The van der Waals surface area contributed by atoms with Gasteiger partial charge in [-0.1, -0.05) is 48.5 Å². The maximum absolute atomic E-state index is 12.9. The monoisotopic (exact) mass is 500 g/mol. The fraction of sp³-hybridized carbons (Fsp3) is 0.938. The predicted octanol–water partition coefficient (Wildman–Crippen LogP) is 7.74. The summed E-state index contributed by atoms with van der Waals surface area (Å²) >= 11 is 0. The third-order valence-corrected chi connectivity index (χ3v) is 14.3. The molecule has 0 aromatic heterocycles. The van der Waals surface area contributed by atoms with Crippen LogP contribution in [0.5, 0.6) is 0 Å². The summed E-state index contributed by atoms with van der Waals surface area (Å²) in [6.07, 6.45) is 10.8. The number of hydrogen-bond donors (Lipinski definition) is 1. The highest BCUT2D eigenvalue weighted by Crippen LogP contribution is 2.77. The van der Waals surface area contributed by atoms with Crippen molar-refractivity contribution in [3.05, 3.63) is 0 Å². The summed E-state index contributed by atoms with van der Waals surface area (Å²) in [5.74, 6) is 2.44. The molecule has 5 aliphatic carbocycles. The van der Waals surface area contributed by atoms with Crippen molar-refractivity contribution in [3.8, 4) is 0 Å². The average molecular weight is 501 g/mol. The number of ether oxygens (including phenoxy) is 1. The summed E-state index contributed by atoms with van der Waals surface area (Å²) in [7, 11) is 0. The zero-order chi connectivity index (χ0) is 26.5. The van der Waals surface area contributed by atoms with Crippen LogP contribution in [-0.2, 0) is 14.3 Å². The number of fused-ring (bicyclic) bond motifs is 7. The lowest BCUT2D eigenvalue weighted by atomic mass is 9.31. The minimum atomic E-state index is -0.512. The zero-order valence-corrected chi connectivity index (χ0v) is 24.3. The van der Waals surface area contributed by atoms with Gasteiger partial charge < -0.3 is 9.84 Å². The molecule has 5 rings (SSSR count). The Morgan fingerprint density at radius 1 is 0.778 bits per heavy atom. The van der Waals surface area contributed by atoms with E-state index in [-0.39, 0.29) is 33.7 Å². The van der Waals surface area contributed by atoms with Gasteiger partial charge >= 0.3 is 11.9 Å². The molecule has 204 valence electrons. The van der Waals surface area contributed by atoms with Crippen molar-refractivity contribution in [1.82, 2.24) is 0 Å². The number of carboxylic acids is 1. The van der Waals surface area contributed by atoms with E-state index in [4.69, 9.17) is 4.74 Å². The van der Waals surface area contributed by atoms with Crippen molar-refractivity contribution in [2.24, 2.45) is 62.6 Å². The second-order valence-electron chi connectivity index (χ2n) is 15.5. The fourth-order valence-corrected chi connectivity index (χ4v) is 12.1. The van der Waals surface area contributed by atoms with Gasteiger partial charge in [0.2, 0.25) is 0 Å². The molecule has 0 spiro atoms. The lowest BCUT2D eigenvalue weighted by Crippen LogP contribution is -2.68. The Hall–Kier alpha value is -1.06. The highest BCUT2D eigenvalue weighted by molar-refractivity contribution is 5.75. The molecule has 0 aliphatic heterocycles. The highest BCUT2D eigenvalue weighted by Gasteiger charge is 2.71. The van der Waals surface area contributed by atoms with Gasteiger partial charge in [0.25, 0.3) is 0 Å². The number of rotatable bonds is 2. The molecule has 5 saturated carbocycles. The lowest BCUT2D eigenvalue weighted by molar-refractivity contribution is -0.259. The van der Waals surface area contributed by atoms with Gasteiger partial charge in [-0.15, -0.1) is 0 Å². The van der Waals surface area contributed by atoms with Gasteiger partial charge in [0.15, 0.2) is 0 Å². The third-order valence-electron chi connectivity index (χ3n) is 14.3. The van der Waals surface area contributed by atoms with E-state index in [2.05, 4.69) is 48.5 Å². The Balaban J connectivity index is 1.52. The largest absolute Gasteiger partial charge is 0.481 e. The summed E-state index contributed by atoms with van der Waals surface area (Å²) in [6, 6.07) is 0. The van der Waals surface area contributed by atoms with Gasteiger partial charge in [-0.2, -0.15) is 0 Å². The molecule has 36 heavy (non-hydrogen) atoms. The summed E-state index contributed by atoms with van der Waals surface area (Å²) < 4.78 is 5.89. The maximum Gasteiger partial charge on any atom is 0.309 e. The molecule has 5 fully saturated rings. The van der Waals surface area contributed by atoms with Crippen LogP contribution in [0.1, 0.15) is 120 Å². The quantitative estimate of drug-likeness (QED) is 0.394. The van der Waals surface area contributed by atoms with Crippen LogP contribution in [-0.4, -0.2) is 23.1 Å². The van der Waals surface area contributed by atoms with E-state index in [1.165, 1.54) is 25.7 Å². The Morgan fingerprint density at radius 2 is 1.47 bits per heavy atom. The van der Waals surface area contributed by atoms with Crippen LogP contribution in [0.15, 0.2) is 0 Å². The SMILES string of the molecule is CC(=O)OC1CCC2(C)C(CCC3(C)C2CCC2C4C(C)C(C)CCC4(C(=O)O)CCC23C)C1(C)C. The zero-order valence-electron chi connectivity index (χ0n) is 24.3. The normalized spacial score (nSPS) is 53.7. The summed E-state index contributed by atoms with van der Waals surface area (Å²) in [6.45, 7) is 18.8. The van der Waals surface area contributed by atoms with Crippen LogP contribution < -0.4 is 0 Å². The molecule has 11 unspecified atom stereocenters. The Labute approximate surface area is 219 Å². The Morgan fingerprint density at radius 3 is 2.11 bits per heavy atom. The van der Waals surface area contributed by atoms with E-state index in [1.807, 2.05) is 0 Å². The molecule has 0 aromatic rings. The first-order valence-corrected chi connectivity index (χ1v) is 15.1. The number of esters is 1. The van der Waals surface area contributed by atoms with E-state index in [0.29, 0.717) is 35.5 Å². The predicted molar refractivity (Wildman–Crippen MR) is 142 cm³/mol. The van der Waals surface area contributed by atoms with Crippen molar-refractivity contribution in [1.29, 1.82) is 0 Å². The number of carbonyl (C=O) groups is 2. The molecule has 4 heteroatoms. The molecular formula is C32H52O4. The molecule has 1 N–H and O–H groups in total. The molecule has 0 amide bonds. The average Bonchev–Trinajstić information content (AvgIpc) is 2.78. The first-order valence-electron chi connectivity index (χ1n) is 15.1. The standard InChI is InChI=1S/C32H52O4/c1-19-11-16-32(27(34)35)18-17-30(7)22(26(32)20(19)2)9-10-24-29(6)14-13-25(36-21(3)33)28(4,5)23(29)12-15-31(24,30)8/h19-20,22-26H,9-18H2,1-8H3,(H,34,35). The van der Waals surface area contributed by atoms with Crippen LogP contribution in [0.25, 0.3) is 0 Å². The van der Waals surface area contributed by atoms with Gasteiger partial charge in [-0.05, 0) is 116 Å². The lowest BCUT2D eigenvalue weighted by Gasteiger charge is -2.73. The van der Waals surface area contributed by atoms with Gasteiger partial charge in [-0.3, -0.25) is 9.59 Å². The Bertz CT molecular complexity index is 925. The van der Waals surface area contributed by atoms with E-state index in [0.717, 1.165) is 38.5 Å². The number of carbonyl (C=O) groups excluding carboxylic acids is 1. The summed E-state index contributed by atoms with van der Waals surface area (Å²) in [5, 5.41) is 10.6. The van der Waals surface area contributed by atoms with Gasteiger partial charge in [0.1, 0.15) is 6.10 Å². The topological polar surface area (TPSA) is 63.6 Å². The van der Waals surface area contributed by atoms with Crippen LogP contribution in [0.4, 0.5) is 0 Å². The van der Waals surface area contributed by atoms with E-state index >= 15 is 0 Å². The first kappa shape index (κ1) is 26.5. The smallest absolute Gasteiger partial charge is 0.309 e. The Kier molecular flexibility index (Phi) is 6.06. The van der Waals surface area contributed by atoms with Crippen molar-refractivity contribution >= 4 is 11.9 Å². The van der Waals surface area contributed by atoms with Gasteiger partial charge in [0.05, 0.1) is 5.41 Å². The number of aliphatic carboxylic acids is 1. The van der Waals surface area contributed by atoms with E-state index in [1.54, 1.807) is 6.92 Å². The number of hydrogen-bond acceptors (Lipinski definition) is 3. The number of carboxylic acid groups (broad SMARTS) is 1. The highest BCUT2D eigenvalue weighted by atomic mass is 16.5. The second-order valence-corrected chi connectivity index (χ2v) is 15.5. The van der Waals surface area contributed by atoms with Crippen LogP contribution in [0.2, 0.25) is 0 Å². The van der Waals surface area contributed by atoms with E-state index < -0.39 is 11.4 Å². The maximum atomic E-state index is 12.9. The van der Waals surface area contributed by atoms with Crippen LogP contribution in [0, 0.1) is 62.6 Å². The molecule has 0 radical (unpaired) electrons. The minimum Gasteiger partial charge on any atom is -0.481 e. The van der Waals surface area contributed by atoms with Crippen LogP contribution in [0.3, 0.4) is 0 Å². The van der Waals surface area contributed by atoms with Gasteiger partial charge in [-0.25, -0.2) is 0 Å². The van der Waals surface area contributed by atoms with Crippen molar-refractivity contribution in [3.63, 3.8) is 0 Å². The summed E-state index contributed by atoms with van der Waals surface area (Å²) in [5.41, 5.74) is 0.140. The molecule has 5 aliphatic rings. The molecule has 0 bridgehead atoms. The molecule has 4 nitrogen and oxygen atoms in total. The van der Waals surface area contributed by atoms with Crippen molar-refractivity contribution in [2.45, 2.75) is 126 Å². The molecular weight excluding hydrogens is 448 g/mol. The second kappa shape index (κ2) is 8.22. The summed E-state index contributed by atoms with van der Waals surface area (Å²) in [4.78, 5) is 24.8. The molecule has 0 heterocycles. The first-order chi connectivity index (χ1) is 16.6. The third kappa shape index (κ3) is 3.23. The fourth-order valence-electron chi connectivity index (χ4n) is 12.1. The minimum absolute atomic E-state index is 0.0137. The van der Waals surface area contributed by atoms with Crippen molar-refractivity contribution in [2.75, 3.05) is 0 Å². The van der Waals surface area contributed by atoms with E-state index in [9.17, 15) is 14.7 Å². The van der Waals surface area contributed by atoms with Crippen molar-refractivity contribution < 1.29 is 19.4 Å². The molecule has 11 atom stereocenters. The molecule has 0 aromatic carbocycles. The van der Waals surface area contributed by atoms with Gasteiger partial charge in [0, 0.05) is 12.3 Å². The van der Waals surface area contributed by atoms with Crippen LogP contribution >= 0.6 is 0 Å².